The second kappa shape index (κ2) is 10.1. The molecule has 0 unspecified atom stereocenters. The lowest BCUT2D eigenvalue weighted by atomic mass is 10.1. The molecule has 1 aliphatic carbocycles. The van der Waals surface area contributed by atoms with Crippen molar-refractivity contribution in [2.45, 2.75) is 38.1 Å². The lowest BCUT2D eigenvalue weighted by Crippen LogP contribution is -2.45. The van der Waals surface area contributed by atoms with Crippen LogP contribution in [-0.2, 0) is 12.8 Å². The van der Waals surface area contributed by atoms with Crippen LogP contribution in [-0.4, -0.2) is 41.1 Å². The number of nitro groups is 1. The van der Waals surface area contributed by atoms with Gasteiger partial charge in [0.05, 0.1) is 10.6 Å². The number of aromatic nitrogens is 2. The Hall–Kier alpha value is -2.36. The SMILES string of the molecule is CN[C@@H]1CCCN(c2nc(Nc3ccc(N)c([N+](=O)[O-])c3)nc3c2CCC3)C1.Cl.Cl. The minimum atomic E-state index is -0.485. The molecule has 1 saturated heterocycles. The summed E-state index contributed by atoms with van der Waals surface area (Å²) in [7, 11) is 2.00. The summed E-state index contributed by atoms with van der Waals surface area (Å²) in [6.07, 6.45) is 5.30. The third-order valence-corrected chi connectivity index (χ3v) is 5.52. The number of piperidine rings is 1. The van der Waals surface area contributed by atoms with Gasteiger partial charge in [-0.05, 0) is 51.3 Å². The van der Waals surface area contributed by atoms with E-state index in [0.717, 1.165) is 50.3 Å². The van der Waals surface area contributed by atoms with E-state index in [9.17, 15) is 10.1 Å². The van der Waals surface area contributed by atoms with E-state index in [1.54, 1.807) is 6.07 Å². The molecule has 0 spiro atoms. The van der Waals surface area contributed by atoms with Gasteiger partial charge >= 0.3 is 0 Å². The minimum Gasteiger partial charge on any atom is -0.393 e. The Morgan fingerprint density at radius 2 is 2.03 bits per heavy atom. The Labute approximate surface area is 187 Å². The van der Waals surface area contributed by atoms with Gasteiger partial charge in [-0.2, -0.15) is 4.98 Å². The molecule has 164 valence electrons. The van der Waals surface area contributed by atoms with E-state index < -0.39 is 4.92 Å². The molecule has 1 atom stereocenters. The molecule has 4 rings (SSSR count). The summed E-state index contributed by atoms with van der Waals surface area (Å²) in [5.74, 6) is 1.47. The quantitative estimate of drug-likeness (QED) is 0.356. The average Bonchev–Trinajstić information content (AvgIpc) is 3.17. The Kier molecular flexibility index (Phi) is 8.05. The van der Waals surface area contributed by atoms with Crippen molar-refractivity contribution < 1.29 is 4.92 Å². The number of anilines is 4. The molecule has 2 aliphatic rings. The fourth-order valence-corrected chi connectivity index (χ4v) is 4.04. The van der Waals surface area contributed by atoms with Gasteiger partial charge in [0, 0.05) is 36.4 Å². The maximum Gasteiger partial charge on any atom is 0.294 e. The predicted octanol–water partition coefficient (Wildman–Crippen LogP) is 3.23. The van der Waals surface area contributed by atoms with Gasteiger partial charge in [0.25, 0.3) is 5.69 Å². The summed E-state index contributed by atoms with van der Waals surface area (Å²) in [6, 6.07) is 5.11. The molecule has 1 aliphatic heterocycles. The normalized spacial score (nSPS) is 17.5. The van der Waals surface area contributed by atoms with Gasteiger partial charge in [0.1, 0.15) is 11.5 Å². The van der Waals surface area contributed by atoms with E-state index in [2.05, 4.69) is 20.5 Å². The molecule has 0 amide bonds. The van der Waals surface area contributed by atoms with Crippen molar-refractivity contribution in [2.75, 3.05) is 36.1 Å². The van der Waals surface area contributed by atoms with E-state index >= 15 is 0 Å². The highest BCUT2D eigenvalue weighted by atomic mass is 35.5. The van der Waals surface area contributed by atoms with Crippen LogP contribution in [0.2, 0.25) is 0 Å². The smallest absolute Gasteiger partial charge is 0.294 e. The number of nitrogen functional groups attached to an aromatic ring is 1. The standard InChI is InChI=1S/C19H25N7O2.2ClH/c1-21-13-4-3-9-25(11-13)18-14-5-2-6-16(14)23-19(24-18)22-12-7-8-15(20)17(10-12)26(27)28;;/h7-8,10,13,21H,2-6,9,11,20H2,1H3,(H,22,23,24);2*1H/t13-;;/m1../s1. The van der Waals surface area contributed by atoms with Gasteiger partial charge in [0.15, 0.2) is 0 Å². The second-order valence-electron chi connectivity index (χ2n) is 7.38. The summed E-state index contributed by atoms with van der Waals surface area (Å²) in [5.41, 5.74) is 8.57. The first-order valence-corrected chi connectivity index (χ1v) is 9.68. The van der Waals surface area contributed by atoms with Gasteiger partial charge in [-0.25, -0.2) is 4.98 Å². The van der Waals surface area contributed by atoms with Crippen LogP contribution in [0.15, 0.2) is 18.2 Å². The zero-order valence-electron chi connectivity index (χ0n) is 16.8. The highest BCUT2D eigenvalue weighted by Crippen LogP contribution is 2.33. The Bertz CT molecular complexity index is 913. The van der Waals surface area contributed by atoms with Crippen molar-refractivity contribution in [3.8, 4) is 0 Å². The Balaban J connectivity index is 0.00000160. The van der Waals surface area contributed by atoms with Crippen LogP contribution in [0.1, 0.15) is 30.5 Å². The molecule has 11 heteroatoms. The highest BCUT2D eigenvalue weighted by molar-refractivity contribution is 5.85. The molecule has 9 nitrogen and oxygen atoms in total. The molecule has 1 fully saturated rings. The molecule has 0 saturated carbocycles. The molecule has 1 aromatic carbocycles. The first kappa shape index (κ1) is 23.9. The van der Waals surface area contributed by atoms with Crippen LogP contribution < -0.4 is 21.3 Å². The van der Waals surface area contributed by atoms with Crippen molar-refractivity contribution in [3.05, 3.63) is 39.6 Å². The number of nitro benzene ring substituents is 1. The highest BCUT2D eigenvalue weighted by Gasteiger charge is 2.26. The maximum atomic E-state index is 11.2. The van der Waals surface area contributed by atoms with Gasteiger partial charge in [-0.3, -0.25) is 10.1 Å². The number of halogens is 2. The van der Waals surface area contributed by atoms with Crippen molar-refractivity contribution in [2.24, 2.45) is 0 Å². The first-order valence-electron chi connectivity index (χ1n) is 9.68. The van der Waals surface area contributed by atoms with E-state index in [1.807, 2.05) is 7.05 Å². The van der Waals surface area contributed by atoms with E-state index in [1.165, 1.54) is 24.1 Å². The molecular weight excluding hydrogens is 429 g/mol. The number of nitrogens with zero attached hydrogens (tertiary/aromatic N) is 4. The monoisotopic (exact) mass is 455 g/mol. The summed E-state index contributed by atoms with van der Waals surface area (Å²) in [5, 5.41) is 17.7. The molecule has 4 N–H and O–H groups in total. The molecule has 0 bridgehead atoms. The fraction of sp³-hybridized carbons (Fsp3) is 0.474. The predicted molar refractivity (Wildman–Crippen MR) is 124 cm³/mol. The number of nitrogens with one attached hydrogen (secondary N) is 2. The molecule has 0 radical (unpaired) electrons. The number of benzene rings is 1. The summed E-state index contributed by atoms with van der Waals surface area (Å²) in [4.78, 5) is 22.5. The number of likely N-dealkylation sites (N-methyl/N-ethyl adjacent to an activating group) is 1. The first-order chi connectivity index (χ1) is 13.5. The number of aryl methyl sites for hydroxylation is 1. The van der Waals surface area contributed by atoms with Crippen LogP contribution in [0, 0.1) is 10.1 Å². The molecule has 30 heavy (non-hydrogen) atoms. The van der Waals surface area contributed by atoms with Gasteiger partial charge < -0.3 is 21.3 Å². The zero-order valence-corrected chi connectivity index (χ0v) is 18.4. The number of fused-ring (bicyclic) bond motifs is 1. The van der Waals surface area contributed by atoms with E-state index in [0.29, 0.717) is 17.7 Å². The second-order valence-corrected chi connectivity index (χ2v) is 7.38. The topological polar surface area (TPSA) is 122 Å². The molecule has 2 aromatic rings. The minimum absolute atomic E-state index is 0. The van der Waals surface area contributed by atoms with E-state index in [4.69, 9.17) is 10.7 Å². The molecule has 1 aromatic heterocycles. The third-order valence-electron chi connectivity index (χ3n) is 5.52. The Morgan fingerprint density at radius 1 is 1.23 bits per heavy atom. The van der Waals surface area contributed by atoms with Crippen LogP contribution in [0.3, 0.4) is 0 Å². The molecular formula is C19H27Cl2N7O2. The summed E-state index contributed by atoms with van der Waals surface area (Å²) in [6.45, 7) is 1.90. The van der Waals surface area contributed by atoms with Gasteiger partial charge in [-0.1, -0.05) is 0 Å². The average molecular weight is 456 g/mol. The lowest BCUT2D eigenvalue weighted by molar-refractivity contribution is -0.383. The Morgan fingerprint density at radius 3 is 2.77 bits per heavy atom. The number of nitrogens with two attached hydrogens (primary N) is 1. The fourth-order valence-electron chi connectivity index (χ4n) is 4.04. The van der Waals surface area contributed by atoms with Crippen LogP contribution in [0.5, 0.6) is 0 Å². The van der Waals surface area contributed by atoms with Crippen molar-refractivity contribution in [1.82, 2.24) is 15.3 Å². The lowest BCUT2D eigenvalue weighted by Gasteiger charge is -2.34. The van der Waals surface area contributed by atoms with Crippen LogP contribution in [0.25, 0.3) is 0 Å². The third kappa shape index (κ3) is 4.85. The maximum absolute atomic E-state index is 11.2. The van der Waals surface area contributed by atoms with Crippen molar-refractivity contribution in [1.29, 1.82) is 0 Å². The number of hydrogen-bond donors (Lipinski definition) is 3. The largest absolute Gasteiger partial charge is 0.393 e. The molecule has 2 heterocycles. The summed E-state index contributed by atoms with van der Waals surface area (Å²) >= 11 is 0. The van der Waals surface area contributed by atoms with Crippen LogP contribution >= 0.6 is 24.8 Å². The van der Waals surface area contributed by atoms with Crippen molar-refractivity contribution in [3.63, 3.8) is 0 Å². The van der Waals surface area contributed by atoms with Gasteiger partial charge in [0.2, 0.25) is 5.95 Å². The van der Waals surface area contributed by atoms with E-state index in [-0.39, 0.29) is 36.2 Å². The number of rotatable bonds is 5. The summed E-state index contributed by atoms with van der Waals surface area (Å²) < 4.78 is 0. The number of hydrogen-bond acceptors (Lipinski definition) is 8. The van der Waals surface area contributed by atoms with Crippen molar-refractivity contribution >= 4 is 53.6 Å². The zero-order chi connectivity index (χ0) is 19.7. The van der Waals surface area contributed by atoms with Crippen LogP contribution in [0.4, 0.5) is 28.8 Å². The van der Waals surface area contributed by atoms with Gasteiger partial charge in [-0.15, -0.1) is 24.8 Å².